The summed E-state index contributed by atoms with van der Waals surface area (Å²) in [6.45, 7) is 3.25. The first-order valence-electron chi connectivity index (χ1n) is 9.11. The van der Waals surface area contributed by atoms with Gasteiger partial charge in [-0.05, 0) is 24.6 Å². The molecule has 3 aromatic rings. The second-order valence-electron chi connectivity index (χ2n) is 6.92. The molecule has 0 aliphatic carbocycles. The highest BCUT2D eigenvalue weighted by Gasteiger charge is 2.27. The van der Waals surface area contributed by atoms with Gasteiger partial charge in [0.1, 0.15) is 16.2 Å². The van der Waals surface area contributed by atoms with Gasteiger partial charge in [-0.25, -0.2) is 4.98 Å². The van der Waals surface area contributed by atoms with Crippen LogP contribution in [0.5, 0.6) is 5.75 Å². The molecule has 0 aliphatic heterocycles. The summed E-state index contributed by atoms with van der Waals surface area (Å²) in [7, 11) is 5.65. The summed E-state index contributed by atoms with van der Waals surface area (Å²) in [5.41, 5.74) is 1.72. The molecule has 0 aliphatic rings. The van der Waals surface area contributed by atoms with Crippen LogP contribution in [0.1, 0.15) is 22.5 Å². The lowest BCUT2D eigenvalue weighted by atomic mass is 10.2. The minimum absolute atomic E-state index is 0.0863. The number of aromatic nitrogens is 1. The third-order valence-corrected chi connectivity index (χ3v) is 5.64. The number of anilines is 1. The number of amides is 1. The van der Waals surface area contributed by atoms with E-state index in [9.17, 15) is 14.9 Å². The maximum Gasteiger partial charge on any atom is 0.433 e. The molecular formula is C19H23N4O5S+. The highest BCUT2D eigenvalue weighted by Crippen LogP contribution is 2.37. The molecule has 0 bridgehead atoms. The lowest BCUT2D eigenvalue weighted by molar-refractivity contribution is -0.858. The molecule has 9 nitrogen and oxygen atoms in total. The third-order valence-electron chi connectivity index (χ3n) is 4.43. The van der Waals surface area contributed by atoms with Crippen LogP contribution >= 0.6 is 11.3 Å². The van der Waals surface area contributed by atoms with Crippen LogP contribution in [0.2, 0.25) is 0 Å². The number of nitrogens with zero attached hydrogens (tertiary/aromatic N) is 3. The SMILES string of the molecule is COc1ccc(C)c2sc(N(CCC[NH+](C)C)C(=O)c3ccc([N+](=O)[O-])o3)nc12. The number of hydrogen-bond acceptors (Lipinski definition) is 7. The molecule has 0 radical (unpaired) electrons. The molecule has 0 fully saturated rings. The number of carbonyl (C=O) groups excluding carboxylic acids is 1. The Balaban J connectivity index is 2.00. The smallest absolute Gasteiger partial charge is 0.433 e. The van der Waals surface area contributed by atoms with Crippen LogP contribution < -0.4 is 14.5 Å². The van der Waals surface area contributed by atoms with Crippen LogP contribution in [0.4, 0.5) is 11.0 Å². The van der Waals surface area contributed by atoms with Crippen LogP contribution in [0.25, 0.3) is 10.2 Å². The largest absolute Gasteiger partial charge is 0.494 e. The van der Waals surface area contributed by atoms with Crippen LogP contribution in [-0.4, -0.2) is 50.1 Å². The summed E-state index contributed by atoms with van der Waals surface area (Å²) in [6, 6.07) is 6.30. The first-order valence-corrected chi connectivity index (χ1v) is 9.92. The molecule has 154 valence electrons. The predicted molar refractivity (Wildman–Crippen MR) is 110 cm³/mol. The fraction of sp³-hybridized carbons (Fsp3) is 0.368. The number of nitro groups is 1. The number of benzene rings is 1. The van der Waals surface area contributed by atoms with Gasteiger partial charge in [0.05, 0.1) is 38.5 Å². The van der Waals surface area contributed by atoms with Crippen LogP contribution in [-0.2, 0) is 0 Å². The van der Waals surface area contributed by atoms with Gasteiger partial charge in [-0.2, -0.15) is 0 Å². The highest BCUT2D eigenvalue weighted by molar-refractivity contribution is 7.22. The molecule has 0 unspecified atom stereocenters. The maximum atomic E-state index is 13.1. The molecule has 29 heavy (non-hydrogen) atoms. The zero-order chi connectivity index (χ0) is 21.1. The van der Waals surface area contributed by atoms with Crippen molar-refractivity contribution in [2.24, 2.45) is 0 Å². The van der Waals surface area contributed by atoms with E-state index in [0.29, 0.717) is 22.9 Å². The number of furan rings is 1. The second kappa shape index (κ2) is 8.58. The van der Waals surface area contributed by atoms with Crippen molar-refractivity contribution in [2.75, 3.05) is 39.2 Å². The number of nitrogens with one attached hydrogen (secondary N) is 1. The Hall–Kier alpha value is -2.98. The third kappa shape index (κ3) is 4.38. The monoisotopic (exact) mass is 419 g/mol. The van der Waals surface area contributed by atoms with Crippen molar-refractivity contribution in [1.29, 1.82) is 0 Å². The predicted octanol–water partition coefficient (Wildman–Crippen LogP) is 2.30. The Labute approximate surface area is 171 Å². The van der Waals surface area contributed by atoms with Crippen molar-refractivity contribution in [1.82, 2.24) is 4.98 Å². The number of rotatable bonds is 8. The van der Waals surface area contributed by atoms with Crippen LogP contribution in [0, 0.1) is 17.0 Å². The van der Waals surface area contributed by atoms with Crippen LogP contribution in [0.15, 0.2) is 28.7 Å². The van der Waals surface area contributed by atoms with Gasteiger partial charge < -0.3 is 14.1 Å². The van der Waals surface area contributed by atoms with Crippen molar-refractivity contribution < 1.29 is 23.8 Å². The molecular weight excluding hydrogens is 396 g/mol. The molecule has 1 amide bonds. The molecule has 1 N–H and O–H groups in total. The van der Waals surface area contributed by atoms with E-state index >= 15 is 0 Å². The molecule has 0 saturated carbocycles. The summed E-state index contributed by atoms with van der Waals surface area (Å²) in [4.78, 5) is 30.8. The van der Waals surface area contributed by atoms with E-state index in [1.807, 2.05) is 33.2 Å². The normalized spacial score (nSPS) is 11.2. The van der Waals surface area contributed by atoms with Crippen LogP contribution in [0.3, 0.4) is 0 Å². The van der Waals surface area contributed by atoms with Gasteiger partial charge in [-0.3, -0.25) is 19.8 Å². The first kappa shape index (κ1) is 20.7. The quantitative estimate of drug-likeness (QED) is 0.444. The average Bonchev–Trinajstić information content (AvgIpc) is 3.33. The Morgan fingerprint density at radius 3 is 2.72 bits per heavy atom. The minimum Gasteiger partial charge on any atom is -0.494 e. The van der Waals surface area contributed by atoms with Gasteiger partial charge >= 0.3 is 5.88 Å². The molecule has 1 aromatic carbocycles. The van der Waals surface area contributed by atoms with Gasteiger partial charge in [-0.15, -0.1) is 0 Å². The molecule has 2 heterocycles. The Kier molecular flexibility index (Phi) is 6.14. The number of hydrogen-bond donors (Lipinski definition) is 1. The number of methoxy groups -OCH3 is 1. The molecule has 0 saturated heterocycles. The summed E-state index contributed by atoms with van der Waals surface area (Å²) < 4.78 is 11.5. The average molecular weight is 419 g/mol. The van der Waals surface area contributed by atoms with Gasteiger partial charge in [-0.1, -0.05) is 17.4 Å². The van der Waals surface area contributed by atoms with Crippen molar-refractivity contribution >= 4 is 38.5 Å². The van der Waals surface area contributed by atoms with Crippen molar-refractivity contribution in [3.8, 4) is 5.75 Å². The Morgan fingerprint density at radius 1 is 1.34 bits per heavy atom. The van der Waals surface area contributed by atoms with E-state index in [1.54, 1.807) is 7.11 Å². The lowest BCUT2D eigenvalue weighted by Crippen LogP contribution is -3.05. The van der Waals surface area contributed by atoms with E-state index in [0.717, 1.165) is 23.2 Å². The first-order chi connectivity index (χ1) is 13.8. The van der Waals surface area contributed by atoms with Gasteiger partial charge in [0.2, 0.25) is 0 Å². The Bertz CT molecular complexity index is 1040. The van der Waals surface area contributed by atoms with E-state index < -0.39 is 16.7 Å². The van der Waals surface area contributed by atoms with Gasteiger partial charge in [0.15, 0.2) is 10.9 Å². The standard InChI is InChI=1S/C19H22N4O5S/c1-12-6-7-13(27-4)16-17(12)29-19(20-16)22(11-5-10-21(2)3)18(24)14-8-9-15(28-14)23(25)26/h6-9H,5,10-11H2,1-4H3/p+1. The lowest BCUT2D eigenvalue weighted by Gasteiger charge is -2.19. The summed E-state index contributed by atoms with van der Waals surface area (Å²) in [5.74, 6) is -0.376. The topological polar surface area (TPSA) is 103 Å². The highest BCUT2D eigenvalue weighted by atomic mass is 32.1. The molecule has 0 spiro atoms. The fourth-order valence-electron chi connectivity index (χ4n) is 2.93. The minimum atomic E-state index is -0.664. The van der Waals surface area contributed by atoms with E-state index in [2.05, 4.69) is 4.98 Å². The molecule has 2 aromatic heterocycles. The number of fused-ring (bicyclic) bond motifs is 1. The summed E-state index contributed by atoms with van der Waals surface area (Å²) in [6.07, 6.45) is 0.739. The Morgan fingerprint density at radius 2 is 2.10 bits per heavy atom. The second-order valence-corrected chi connectivity index (χ2v) is 7.90. The number of ether oxygens (including phenoxy) is 1. The maximum absolute atomic E-state index is 13.1. The summed E-state index contributed by atoms with van der Waals surface area (Å²) >= 11 is 1.39. The number of carbonyl (C=O) groups is 1. The molecule has 10 heteroatoms. The number of aryl methyl sites for hydroxylation is 1. The van der Waals surface area contributed by atoms with Gasteiger partial charge in [0, 0.05) is 13.0 Å². The zero-order valence-electron chi connectivity index (χ0n) is 16.7. The molecule has 0 atom stereocenters. The fourth-order valence-corrected chi connectivity index (χ4v) is 4.00. The van der Waals surface area contributed by atoms with Crippen molar-refractivity contribution in [2.45, 2.75) is 13.3 Å². The zero-order valence-corrected chi connectivity index (χ0v) is 17.5. The number of quaternary nitrogens is 1. The number of thiazole rings is 1. The van der Waals surface area contributed by atoms with Crippen molar-refractivity contribution in [3.63, 3.8) is 0 Å². The summed E-state index contributed by atoms with van der Waals surface area (Å²) in [5, 5.41) is 11.4. The van der Waals surface area contributed by atoms with E-state index in [-0.39, 0.29) is 5.76 Å². The van der Waals surface area contributed by atoms with Gasteiger partial charge in [0.25, 0.3) is 5.91 Å². The van der Waals surface area contributed by atoms with E-state index in [1.165, 1.54) is 33.3 Å². The van der Waals surface area contributed by atoms with E-state index in [4.69, 9.17) is 9.15 Å². The molecule has 3 rings (SSSR count). The van der Waals surface area contributed by atoms with Crippen molar-refractivity contribution in [3.05, 3.63) is 45.7 Å².